The van der Waals surface area contributed by atoms with Crippen LogP contribution < -0.4 is 19.3 Å². The number of hydrogen-bond acceptors (Lipinski definition) is 6. The predicted molar refractivity (Wildman–Crippen MR) is 177 cm³/mol. The molecule has 1 aromatic heterocycles. The molecule has 0 radical (unpaired) electrons. The number of halogens is 1. The van der Waals surface area contributed by atoms with E-state index in [-0.39, 0.29) is 5.56 Å². The van der Waals surface area contributed by atoms with Crippen molar-refractivity contribution in [2.45, 2.75) is 0 Å². The van der Waals surface area contributed by atoms with E-state index in [0.29, 0.717) is 23.1 Å². The number of nitrogens with zero attached hydrogens (tertiary/aromatic N) is 3. The zero-order valence-corrected chi connectivity index (χ0v) is 25.6. The maximum Gasteiger partial charge on any atom is 0.339 e. The maximum absolute atomic E-state index is 12.1. The van der Waals surface area contributed by atoms with Gasteiger partial charge in [-0.25, -0.2) is 4.79 Å². The maximum atomic E-state index is 12.1. The van der Waals surface area contributed by atoms with Crippen molar-refractivity contribution in [2.75, 3.05) is 63.2 Å². The first-order valence-corrected chi connectivity index (χ1v) is 15.0. The van der Waals surface area contributed by atoms with Crippen molar-refractivity contribution < 1.29 is 19.4 Å². The molecule has 0 aliphatic carbocycles. The second-order valence-electron chi connectivity index (χ2n) is 11.1. The van der Waals surface area contributed by atoms with Crippen LogP contribution in [0.2, 0.25) is 5.02 Å². The highest BCUT2D eigenvalue weighted by Gasteiger charge is 2.25. The molecule has 0 unspecified atom stereocenters. The van der Waals surface area contributed by atoms with Gasteiger partial charge < -0.3 is 34.3 Å². The van der Waals surface area contributed by atoms with Gasteiger partial charge >= 0.3 is 5.97 Å². The lowest BCUT2D eigenvalue weighted by Gasteiger charge is -2.39. The summed E-state index contributed by atoms with van der Waals surface area (Å²) in [5.41, 5.74) is 5.20. The summed E-state index contributed by atoms with van der Waals surface area (Å²) in [6, 6.07) is 27.1. The number of fused-ring (bicyclic) bond motifs is 1. The third-order valence-electron chi connectivity index (χ3n) is 7.88. The first kappa shape index (κ1) is 29.4. The summed E-state index contributed by atoms with van der Waals surface area (Å²) in [6.45, 7) is 4.39. The molecule has 0 saturated carbocycles. The van der Waals surface area contributed by atoms with Crippen LogP contribution in [-0.4, -0.2) is 74.4 Å². The lowest BCUT2D eigenvalue weighted by molar-refractivity contribution is 0.0694. The lowest BCUT2D eigenvalue weighted by Crippen LogP contribution is -2.46. The van der Waals surface area contributed by atoms with E-state index in [2.05, 4.69) is 25.8 Å². The second-order valence-corrected chi connectivity index (χ2v) is 11.5. The molecule has 8 nitrogen and oxygen atoms in total. The van der Waals surface area contributed by atoms with E-state index < -0.39 is 5.97 Å². The molecule has 1 saturated heterocycles. The summed E-state index contributed by atoms with van der Waals surface area (Å²) in [6.07, 6.45) is 1.84. The molecular weight excluding hydrogens is 576 g/mol. The fraction of sp³-hybridized carbons (Fsp3) is 0.229. The van der Waals surface area contributed by atoms with E-state index in [1.165, 1.54) is 0 Å². The predicted octanol–water partition coefficient (Wildman–Crippen LogP) is 7.25. The number of carboxylic acid groups (broad SMARTS) is 1. The number of piperazine rings is 1. The molecule has 2 heterocycles. The number of aromatic carboxylic acids is 1. The van der Waals surface area contributed by atoms with Crippen LogP contribution in [0.5, 0.6) is 17.2 Å². The Labute approximate surface area is 262 Å². The molecule has 6 rings (SSSR count). The largest absolute Gasteiger partial charge is 0.490 e. The Morgan fingerprint density at radius 2 is 1.61 bits per heavy atom. The van der Waals surface area contributed by atoms with Gasteiger partial charge in [-0.3, -0.25) is 0 Å². The van der Waals surface area contributed by atoms with Crippen molar-refractivity contribution in [2.24, 2.45) is 0 Å². The van der Waals surface area contributed by atoms with Crippen LogP contribution in [0.15, 0.2) is 91.1 Å². The fourth-order valence-corrected chi connectivity index (χ4v) is 5.71. The number of carbonyl (C=O) groups is 1. The van der Waals surface area contributed by atoms with Gasteiger partial charge in [0.15, 0.2) is 0 Å². The minimum absolute atomic E-state index is 0.122. The van der Waals surface area contributed by atoms with Gasteiger partial charge in [0.2, 0.25) is 0 Å². The monoisotopic (exact) mass is 610 g/mol. The molecule has 0 amide bonds. The molecule has 1 aliphatic rings. The van der Waals surface area contributed by atoms with Gasteiger partial charge in [-0.05, 0) is 68.2 Å². The van der Waals surface area contributed by atoms with E-state index in [4.69, 9.17) is 21.1 Å². The summed E-state index contributed by atoms with van der Waals surface area (Å²) in [5, 5.41) is 11.5. The number of anilines is 2. The molecule has 4 aromatic carbocycles. The second kappa shape index (κ2) is 12.9. The third kappa shape index (κ3) is 6.32. The number of hydrogen-bond donors (Lipinski definition) is 2. The van der Waals surface area contributed by atoms with Crippen molar-refractivity contribution in [3.63, 3.8) is 0 Å². The van der Waals surface area contributed by atoms with Crippen molar-refractivity contribution in [1.29, 1.82) is 0 Å². The zero-order chi connectivity index (χ0) is 30.6. The normalized spacial score (nSPS) is 13.5. The molecule has 0 spiro atoms. The van der Waals surface area contributed by atoms with E-state index >= 15 is 0 Å². The molecule has 5 aromatic rings. The number of rotatable bonds is 10. The molecular formula is C35H35ClN4O4. The van der Waals surface area contributed by atoms with Gasteiger partial charge in [-0.15, -0.1) is 0 Å². The topological polar surface area (TPSA) is 81.3 Å². The van der Waals surface area contributed by atoms with Crippen molar-refractivity contribution >= 4 is 39.8 Å². The standard InChI is InChI=1S/C35H35ClN4O4/c1-38(2)21-22-43-32-8-3-5-27(24-9-11-25(36)12-10-24)34(32)40-19-17-39(18-20-40)26-13-14-29(35(41)42)33(23-26)44-31-7-4-6-30-28(31)15-16-37-30/h3-16,23,37H,17-22H2,1-2H3,(H,41,42). The number of aromatic amines is 1. The van der Waals surface area contributed by atoms with Gasteiger partial charge in [0.1, 0.15) is 29.4 Å². The number of ether oxygens (including phenoxy) is 2. The van der Waals surface area contributed by atoms with Crippen molar-refractivity contribution in [3.05, 3.63) is 102 Å². The molecule has 1 aliphatic heterocycles. The highest BCUT2D eigenvalue weighted by Crippen LogP contribution is 2.40. The number of nitrogens with one attached hydrogen (secondary N) is 1. The lowest BCUT2D eigenvalue weighted by atomic mass is 10.0. The molecule has 226 valence electrons. The number of aromatic nitrogens is 1. The number of carboxylic acids is 1. The van der Waals surface area contributed by atoms with Gasteiger partial charge in [0, 0.05) is 72.2 Å². The molecule has 0 atom stereocenters. The van der Waals surface area contributed by atoms with Gasteiger partial charge in [-0.1, -0.05) is 41.9 Å². The van der Waals surface area contributed by atoms with Crippen molar-refractivity contribution in [3.8, 4) is 28.4 Å². The smallest absolute Gasteiger partial charge is 0.339 e. The van der Waals surface area contributed by atoms with Crippen LogP contribution in [0.25, 0.3) is 22.0 Å². The number of para-hydroxylation sites is 1. The highest BCUT2D eigenvalue weighted by molar-refractivity contribution is 6.30. The van der Waals surface area contributed by atoms with E-state index in [0.717, 1.165) is 71.9 Å². The Hall–Kier alpha value is -4.66. The summed E-state index contributed by atoms with van der Waals surface area (Å²) in [7, 11) is 4.07. The van der Waals surface area contributed by atoms with Crippen LogP contribution >= 0.6 is 11.6 Å². The number of likely N-dealkylation sites (N-methyl/N-ethyl adjacent to an activating group) is 1. The average molecular weight is 611 g/mol. The molecule has 1 fully saturated rings. The summed E-state index contributed by atoms with van der Waals surface area (Å²) in [5.74, 6) is 0.746. The quantitative estimate of drug-likeness (QED) is 0.172. The van der Waals surface area contributed by atoms with Crippen LogP contribution in [0, 0.1) is 0 Å². The molecule has 0 bridgehead atoms. The number of H-pyrrole nitrogens is 1. The third-order valence-corrected chi connectivity index (χ3v) is 8.13. The van der Waals surface area contributed by atoms with Crippen molar-refractivity contribution in [1.82, 2.24) is 9.88 Å². The summed E-state index contributed by atoms with van der Waals surface area (Å²) >= 11 is 6.21. The zero-order valence-electron chi connectivity index (χ0n) is 24.8. The van der Waals surface area contributed by atoms with E-state index in [9.17, 15) is 9.90 Å². The van der Waals surface area contributed by atoms with Crippen LogP contribution in [0.4, 0.5) is 11.4 Å². The molecule has 9 heteroatoms. The first-order chi connectivity index (χ1) is 21.4. The Morgan fingerprint density at radius 3 is 2.36 bits per heavy atom. The Balaban J connectivity index is 1.26. The first-order valence-electron chi connectivity index (χ1n) is 14.6. The highest BCUT2D eigenvalue weighted by atomic mass is 35.5. The fourth-order valence-electron chi connectivity index (χ4n) is 5.59. The molecule has 44 heavy (non-hydrogen) atoms. The van der Waals surface area contributed by atoms with Crippen LogP contribution in [0.3, 0.4) is 0 Å². The van der Waals surface area contributed by atoms with Gasteiger partial charge in [0.25, 0.3) is 0 Å². The van der Waals surface area contributed by atoms with Crippen LogP contribution in [-0.2, 0) is 0 Å². The summed E-state index contributed by atoms with van der Waals surface area (Å²) < 4.78 is 12.6. The van der Waals surface area contributed by atoms with E-state index in [1.54, 1.807) is 6.07 Å². The molecule has 2 N–H and O–H groups in total. The Morgan fingerprint density at radius 1 is 0.886 bits per heavy atom. The summed E-state index contributed by atoms with van der Waals surface area (Å²) in [4.78, 5) is 22.0. The van der Waals surface area contributed by atoms with Crippen LogP contribution in [0.1, 0.15) is 10.4 Å². The Kier molecular flexibility index (Phi) is 8.63. The average Bonchev–Trinajstić information content (AvgIpc) is 3.51. The SMILES string of the molecule is CN(C)CCOc1cccc(-c2ccc(Cl)cc2)c1N1CCN(c2ccc(C(=O)O)c(Oc3cccc4[nH]ccc34)c2)CC1. The van der Waals surface area contributed by atoms with Gasteiger partial charge in [-0.2, -0.15) is 0 Å². The minimum Gasteiger partial charge on any atom is -0.490 e. The minimum atomic E-state index is -1.03. The van der Waals surface area contributed by atoms with E-state index in [1.807, 2.05) is 93.1 Å². The number of benzene rings is 4. The Bertz CT molecular complexity index is 1760. The van der Waals surface area contributed by atoms with Gasteiger partial charge in [0.05, 0.1) is 5.69 Å².